The summed E-state index contributed by atoms with van der Waals surface area (Å²) in [5, 5.41) is 16.6. The molecule has 0 amide bonds. The minimum absolute atomic E-state index is 0.00847. The number of hydrogen-bond acceptors (Lipinski definition) is 4. The first-order valence-electron chi connectivity index (χ1n) is 5.65. The van der Waals surface area contributed by atoms with Gasteiger partial charge in [-0.05, 0) is 27.7 Å². The van der Waals surface area contributed by atoms with E-state index in [0.717, 1.165) is 5.69 Å². The highest BCUT2D eigenvalue weighted by atomic mass is 16.4. The van der Waals surface area contributed by atoms with Crippen LogP contribution in [-0.2, 0) is 0 Å². The Hall–Kier alpha value is -2.11. The van der Waals surface area contributed by atoms with Crippen LogP contribution >= 0.6 is 0 Å². The molecular weight excluding hydrogens is 232 g/mol. The van der Waals surface area contributed by atoms with Crippen LogP contribution in [0.25, 0.3) is 5.65 Å². The summed E-state index contributed by atoms with van der Waals surface area (Å²) in [6.45, 7) is 7.83. The molecule has 6 heteroatoms. The van der Waals surface area contributed by atoms with Crippen molar-refractivity contribution >= 4 is 17.4 Å². The number of hydrogen-bond donors (Lipinski definition) is 2. The van der Waals surface area contributed by atoms with Gasteiger partial charge < -0.3 is 10.4 Å². The van der Waals surface area contributed by atoms with Crippen molar-refractivity contribution in [2.75, 3.05) is 5.32 Å². The van der Waals surface area contributed by atoms with Crippen LogP contribution in [0.3, 0.4) is 0 Å². The SMILES string of the molecule is Cc1cc2nc(C(=O)O)cc(NC(C)(C)C)n2n1. The molecular formula is C12H16N4O2. The van der Waals surface area contributed by atoms with Crippen molar-refractivity contribution < 1.29 is 9.90 Å². The third kappa shape index (κ3) is 2.42. The molecule has 0 fully saturated rings. The number of carbonyl (C=O) groups is 1. The average Bonchev–Trinajstić information content (AvgIpc) is 2.56. The zero-order chi connectivity index (χ0) is 13.5. The van der Waals surface area contributed by atoms with Crippen LogP contribution in [0.4, 0.5) is 5.82 Å². The fourth-order valence-corrected chi connectivity index (χ4v) is 1.67. The van der Waals surface area contributed by atoms with Gasteiger partial charge in [0.2, 0.25) is 0 Å². The lowest BCUT2D eigenvalue weighted by Gasteiger charge is -2.22. The van der Waals surface area contributed by atoms with Crippen LogP contribution < -0.4 is 5.32 Å². The molecule has 0 aromatic carbocycles. The molecule has 0 aliphatic carbocycles. The standard InChI is InChI=1S/C12H16N4O2/c1-7-5-9-13-8(11(17)18)6-10(16(9)15-7)14-12(2,3)4/h5-6,14H,1-4H3,(H,17,18). The molecule has 0 bridgehead atoms. The summed E-state index contributed by atoms with van der Waals surface area (Å²) < 4.78 is 1.62. The molecule has 0 radical (unpaired) electrons. The van der Waals surface area contributed by atoms with Crippen LogP contribution in [0, 0.1) is 6.92 Å². The first-order chi connectivity index (χ1) is 8.26. The van der Waals surface area contributed by atoms with Gasteiger partial charge in [-0.25, -0.2) is 9.78 Å². The molecule has 0 saturated carbocycles. The van der Waals surface area contributed by atoms with E-state index >= 15 is 0 Å². The Bertz CT molecular complexity index is 610. The topological polar surface area (TPSA) is 79.5 Å². The molecule has 2 N–H and O–H groups in total. The van der Waals surface area contributed by atoms with E-state index in [9.17, 15) is 4.79 Å². The number of rotatable bonds is 2. The van der Waals surface area contributed by atoms with Gasteiger partial charge in [-0.15, -0.1) is 0 Å². The molecule has 0 aliphatic rings. The van der Waals surface area contributed by atoms with Crippen molar-refractivity contribution in [1.29, 1.82) is 0 Å². The summed E-state index contributed by atoms with van der Waals surface area (Å²) >= 11 is 0. The average molecular weight is 248 g/mol. The highest BCUT2D eigenvalue weighted by Gasteiger charge is 2.16. The zero-order valence-electron chi connectivity index (χ0n) is 10.9. The lowest BCUT2D eigenvalue weighted by molar-refractivity contribution is 0.0690. The summed E-state index contributed by atoms with van der Waals surface area (Å²) in [4.78, 5) is 15.1. The molecule has 18 heavy (non-hydrogen) atoms. The molecule has 2 rings (SSSR count). The monoisotopic (exact) mass is 248 g/mol. The molecule has 6 nitrogen and oxygen atoms in total. The zero-order valence-corrected chi connectivity index (χ0v) is 10.9. The number of anilines is 1. The molecule has 2 aromatic rings. The minimum atomic E-state index is -1.05. The molecule has 96 valence electrons. The van der Waals surface area contributed by atoms with Gasteiger partial charge in [0, 0.05) is 17.7 Å². The van der Waals surface area contributed by atoms with Crippen LogP contribution in [-0.4, -0.2) is 31.2 Å². The molecule has 0 unspecified atom stereocenters. The molecule has 2 heterocycles. The maximum Gasteiger partial charge on any atom is 0.354 e. The van der Waals surface area contributed by atoms with E-state index < -0.39 is 5.97 Å². The van der Waals surface area contributed by atoms with Crippen molar-refractivity contribution in [2.45, 2.75) is 33.2 Å². The summed E-state index contributed by atoms with van der Waals surface area (Å²) in [6, 6.07) is 3.24. The van der Waals surface area contributed by atoms with Gasteiger partial charge in [0.1, 0.15) is 5.82 Å². The molecule has 0 aliphatic heterocycles. The Morgan fingerprint density at radius 3 is 2.61 bits per heavy atom. The van der Waals surface area contributed by atoms with Crippen LogP contribution in [0.2, 0.25) is 0 Å². The number of nitrogens with one attached hydrogen (secondary N) is 1. The predicted molar refractivity (Wildman–Crippen MR) is 68.1 cm³/mol. The Balaban J connectivity index is 2.64. The van der Waals surface area contributed by atoms with E-state index in [1.54, 1.807) is 10.6 Å². The van der Waals surface area contributed by atoms with Gasteiger partial charge in [-0.3, -0.25) is 0 Å². The van der Waals surface area contributed by atoms with E-state index in [2.05, 4.69) is 15.4 Å². The van der Waals surface area contributed by atoms with E-state index in [0.29, 0.717) is 11.5 Å². The van der Waals surface area contributed by atoms with Crippen LogP contribution in [0.15, 0.2) is 12.1 Å². The fourth-order valence-electron chi connectivity index (χ4n) is 1.67. The van der Waals surface area contributed by atoms with Gasteiger partial charge >= 0.3 is 5.97 Å². The summed E-state index contributed by atoms with van der Waals surface area (Å²) in [5.74, 6) is -0.425. The second-order valence-electron chi connectivity index (χ2n) is 5.26. The lowest BCUT2D eigenvalue weighted by atomic mass is 10.1. The smallest absolute Gasteiger partial charge is 0.354 e. The van der Waals surface area contributed by atoms with Gasteiger partial charge in [0.05, 0.1) is 5.69 Å². The number of aromatic carboxylic acids is 1. The van der Waals surface area contributed by atoms with Crippen LogP contribution in [0.5, 0.6) is 0 Å². The van der Waals surface area contributed by atoms with Gasteiger partial charge in [0.15, 0.2) is 11.3 Å². The second kappa shape index (κ2) is 3.97. The van der Waals surface area contributed by atoms with E-state index in [-0.39, 0.29) is 11.2 Å². The number of carboxylic acids is 1. The Labute approximate surface area is 105 Å². The van der Waals surface area contributed by atoms with Crippen molar-refractivity contribution in [3.05, 3.63) is 23.5 Å². The predicted octanol–water partition coefficient (Wildman–Crippen LogP) is 1.95. The number of aryl methyl sites for hydroxylation is 1. The summed E-state index contributed by atoms with van der Waals surface area (Å²) in [7, 11) is 0. The Morgan fingerprint density at radius 1 is 1.39 bits per heavy atom. The third-order valence-electron chi connectivity index (χ3n) is 2.27. The quantitative estimate of drug-likeness (QED) is 0.849. The normalized spacial score (nSPS) is 11.8. The van der Waals surface area contributed by atoms with E-state index in [4.69, 9.17) is 5.11 Å². The fraction of sp³-hybridized carbons (Fsp3) is 0.417. The van der Waals surface area contributed by atoms with Gasteiger partial charge in [-0.1, -0.05) is 0 Å². The third-order valence-corrected chi connectivity index (χ3v) is 2.27. The molecule has 0 atom stereocenters. The minimum Gasteiger partial charge on any atom is -0.477 e. The number of nitrogens with zero attached hydrogens (tertiary/aromatic N) is 3. The van der Waals surface area contributed by atoms with E-state index in [1.165, 1.54) is 6.07 Å². The summed E-state index contributed by atoms with van der Waals surface area (Å²) in [5.41, 5.74) is 1.14. The Kier molecular flexibility index (Phi) is 2.73. The highest BCUT2D eigenvalue weighted by Crippen LogP contribution is 2.18. The van der Waals surface area contributed by atoms with Crippen LogP contribution in [0.1, 0.15) is 37.0 Å². The number of carboxylic acid groups (broad SMARTS) is 1. The molecule has 0 spiro atoms. The highest BCUT2D eigenvalue weighted by molar-refractivity contribution is 5.87. The largest absolute Gasteiger partial charge is 0.477 e. The Morgan fingerprint density at radius 2 is 2.06 bits per heavy atom. The summed E-state index contributed by atoms with van der Waals surface area (Å²) in [6.07, 6.45) is 0. The van der Waals surface area contributed by atoms with Crippen molar-refractivity contribution in [1.82, 2.24) is 14.6 Å². The first-order valence-corrected chi connectivity index (χ1v) is 5.65. The molecule has 2 aromatic heterocycles. The first kappa shape index (κ1) is 12.3. The maximum atomic E-state index is 11.0. The lowest BCUT2D eigenvalue weighted by Crippen LogP contribution is -2.28. The van der Waals surface area contributed by atoms with Crippen molar-refractivity contribution in [3.63, 3.8) is 0 Å². The number of fused-ring (bicyclic) bond motifs is 1. The number of aromatic nitrogens is 3. The van der Waals surface area contributed by atoms with E-state index in [1.807, 2.05) is 27.7 Å². The van der Waals surface area contributed by atoms with Gasteiger partial charge in [0.25, 0.3) is 0 Å². The van der Waals surface area contributed by atoms with Gasteiger partial charge in [-0.2, -0.15) is 9.61 Å². The van der Waals surface area contributed by atoms with Crippen molar-refractivity contribution in [3.8, 4) is 0 Å². The molecule has 0 saturated heterocycles. The maximum absolute atomic E-state index is 11.0. The van der Waals surface area contributed by atoms with Crippen molar-refractivity contribution in [2.24, 2.45) is 0 Å². The second-order valence-corrected chi connectivity index (χ2v) is 5.26.